The van der Waals surface area contributed by atoms with Crippen molar-refractivity contribution in [2.45, 2.75) is 18.7 Å². The van der Waals surface area contributed by atoms with Crippen molar-refractivity contribution in [1.82, 2.24) is 9.97 Å². The summed E-state index contributed by atoms with van der Waals surface area (Å²) in [6, 6.07) is 14.9. The molecule has 0 saturated heterocycles. The third-order valence-corrected chi connectivity index (χ3v) is 5.37. The summed E-state index contributed by atoms with van der Waals surface area (Å²) >= 11 is 0. The van der Waals surface area contributed by atoms with Crippen LogP contribution in [0.15, 0.2) is 59.5 Å². The van der Waals surface area contributed by atoms with Crippen molar-refractivity contribution >= 4 is 33.2 Å². The Morgan fingerprint density at radius 2 is 1.62 bits per heavy atom. The predicted octanol–water partition coefficient (Wildman–Crippen LogP) is 3.77. The molecule has 1 heterocycles. The van der Waals surface area contributed by atoms with Gasteiger partial charge in [-0.05, 0) is 62.4 Å². The van der Waals surface area contributed by atoms with Gasteiger partial charge in [0.05, 0.1) is 12.0 Å². The molecule has 0 spiro atoms. The Labute approximate surface area is 170 Å². The minimum atomic E-state index is -3.69. The van der Waals surface area contributed by atoms with Gasteiger partial charge in [-0.25, -0.2) is 13.4 Å². The Morgan fingerprint density at radius 3 is 2.24 bits per heavy atom. The molecule has 29 heavy (non-hydrogen) atoms. The first-order valence-electron chi connectivity index (χ1n) is 9.03. The number of sulfonamides is 1. The summed E-state index contributed by atoms with van der Waals surface area (Å²) < 4.78 is 32.7. The van der Waals surface area contributed by atoms with E-state index in [4.69, 9.17) is 4.74 Å². The lowest BCUT2D eigenvalue weighted by molar-refractivity contribution is 0.414. The highest BCUT2D eigenvalue weighted by atomic mass is 32.2. The van der Waals surface area contributed by atoms with Gasteiger partial charge >= 0.3 is 0 Å². The lowest BCUT2D eigenvalue weighted by Gasteiger charge is -2.11. The number of aryl methyl sites for hydroxylation is 1. The Bertz CT molecular complexity index is 1070. The highest BCUT2D eigenvalue weighted by Gasteiger charge is 2.14. The molecule has 0 aliphatic carbocycles. The zero-order chi connectivity index (χ0) is 20.9. The first-order chi connectivity index (χ1) is 13.9. The molecular weight excluding hydrogens is 390 g/mol. The fourth-order valence-electron chi connectivity index (χ4n) is 2.62. The summed E-state index contributed by atoms with van der Waals surface area (Å²) in [6.07, 6.45) is 0. The molecule has 0 fully saturated rings. The fraction of sp³-hybridized carbons (Fsp3) is 0.200. The summed E-state index contributed by atoms with van der Waals surface area (Å²) in [6.45, 7) is 4.65. The highest BCUT2D eigenvalue weighted by Crippen LogP contribution is 2.22. The maximum atomic E-state index is 12.5. The number of benzene rings is 2. The quantitative estimate of drug-likeness (QED) is 0.516. The molecule has 0 aliphatic heterocycles. The topological polar surface area (TPSA) is 105 Å². The monoisotopic (exact) mass is 413 g/mol. The van der Waals surface area contributed by atoms with E-state index in [1.807, 2.05) is 19.9 Å². The van der Waals surface area contributed by atoms with Crippen molar-refractivity contribution in [3.63, 3.8) is 0 Å². The van der Waals surface area contributed by atoms with Crippen LogP contribution in [0.3, 0.4) is 0 Å². The van der Waals surface area contributed by atoms with Gasteiger partial charge in [0.25, 0.3) is 10.0 Å². The first-order valence-corrected chi connectivity index (χ1v) is 10.5. The van der Waals surface area contributed by atoms with Gasteiger partial charge in [-0.3, -0.25) is 4.72 Å². The normalized spacial score (nSPS) is 11.0. The maximum Gasteiger partial charge on any atom is 0.261 e. The third kappa shape index (κ3) is 5.35. The summed E-state index contributed by atoms with van der Waals surface area (Å²) in [5, 5.41) is 6.28. The molecule has 0 aliphatic rings. The number of methoxy groups -OCH3 is 1. The van der Waals surface area contributed by atoms with Crippen LogP contribution in [0.2, 0.25) is 0 Å². The summed E-state index contributed by atoms with van der Waals surface area (Å²) in [7, 11) is -2.16. The molecule has 2 aromatic carbocycles. The summed E-state index contributed by atoms with van der Waals surface area (Å²) in [5.74, 6) is 1.80. The summed E-state index contributed by atoms with van der Waals surface area (Å²) in [5.41, 5.74) is 2.03. The Kier molecular flexibility index (Phi) is 6.18. The standard InChI is InChI=1S/C20H23N5O3S/c1-4-21-19-13-14(2)22-20(24-19)23-15-5-7-16(8-6-15)25-29(26,27)18-11-9-17(28-3)10-12-18/h5-13,25H,4H2,1-3H3,(H2,21,22,23,24). The van der Waals surface area contributed by atoms with Gasteiger partial charge in [-0.1, -0.05) is 0 Å². The zero-order valence-corrected chi connectivity index (χ0v) is 17.2. The van der Waals surface area contributed by atoms with E-state index in [-0.39, 0.29) is 4.90 Å². The van der Waals surface area contributed by atoms with E-state index in [0.717, 1.165) is 23.7 Å². The second-order valence-electron chi connectivity index (χ2n) is 6.23. The number of nitrogens with one attached hydrogen (secondary N) is 3. The number of ether oxygens (including phenoxy) is 1. The number of nitrogens with zero attached hydrogens (tertiary/aromatic N) is 2. The second-order valence-corrected chi connectivity index (χ2v) is 7.91. The molecule has 0 bridgehead atoms. The molecule has 9 heteroatoms. The van der Waals surface area contributed by atoms with Crippen LogP contribution in [-0.2, 0) is 10.0 Å². The van der Waals surface area contributed by atoms with Crippen molar-refractivity contribution in [2.75, 3.05) is 29.0 Å². The molecule has 0 saturated carbocycles. The van der Waals surface area contributed by atoms with E-state index >= 15 is 0 Å². The minimum Gasteiger partial charge on any atom is -0.497 e. The first kappa shape index (κ1) is 20.4. The van der Waals surface area contributed by atoms with Crippen LogP contribution in [0.4, 0.5) is 23.1 Å². The maximum absolute atomic E-state index is 12.5. The molecule has 3 aromatic rings. The lowest BCUT2D eigenvalue weighted by Crippen LogP contribution is -2.12. The van der Waals surface area contributed by atoms with Crippen LogP contribution in [0.5, 0.6) is 5.75 Å². The highest BCUT2D eigenvalue weighted by molar-refractivity contribution is 7.92. The molecule has 0 unspecified atom stereocenters. The van der Waals surface area contributed by atoms with Crippen LogP contribution >= 0.6 is 0 Å². The number of rotatable bonds is 8. The van der Waals surface area contributed by atoms with Gasteiger partial charge in [-0.15, -0.1) is 0 Å². The fourth-order valence-corrected chi connectivity index (χ4v) is 3.67. The molecule has 1 aromatic heterocycles. The van der Waals surface area contributed by atoms with Gasteiger partial charge in [0.2, 0.25) is 5.95 Å². The van der Waals surface area contributed by atoms with Crippen molar-refractivity contribution in [2.24, 2.45) is 0 Å². The zero-order valence-electron chi connectivity index (χ0n) is 16.4. The molecular formula is C20H23N5O3S. The molecule has 3 N–H and O–H groups in total. The Balaban J connectivity index is 1.71. The van der Waals surface area contributed by atoms with Crippen LogP contribution in [0.1, 0.15) is 12.6 Å². The third-order valence-electron chi connectivity index (χ3n) is 3.98. The van der Waals surface area contributed by atoms with Crippen LogP contribution in [0.25, 0.3) is 0 Å². The lowest BCUT2D eigenvalue weighted by atomic mass is 10.3. The SMILES string of the molecule is CCNc1cc(C)nc(Nc2ccc(NS(=O)(=O)c3ccc(OC)cc3)cc2)n1. The van der Waals surface area contributed by atoms with E-state index < -0.39 is 10.0 Å². The molecule has 0 atom stereocenters. The average molecular weight is 414 g/mol. The van der Waals surface area contributed by atoms with E-state index in [0.29, 0.717) is 17.4 Å². The van der Waals surface area contributed by atoms with Gasteiger partial charge in [0.1, 0.15) is 11.6 Å². The van der Waals surface area contributed by atoms with E-state index in [1.54, 1.807) is 36.4 Å². The number of hydrogen-bond donors (Lipinski definition) is 3. The van der Waals surface area contributed by atoms with E-state index in [2.05, 4.69) is 25.3 Å². The molecule has 0 amide bonds. The van der Waals surface area contributed by atoms with E-state index in [9.17, 15) is 8.42 Å². The van der Waals surface area contributed by atoms with Crippen molar-refractivity contribution in [1.29, 1.82) is 0 Å². The molecule has 8 nitrogen and oxygen atoms in total. The smallest absolute Gasteiger partial charge is 0.261 e. The largest absolute Gasteiger partial charge is 0.497 e. The second kappa shape index (κ2) is 8.78. The van der Waals surface area contributed by atoms with Gasteiger partial charge in [0, 0.05) is 29.7 Å². The number of aromatic nitrogens is 2. The molecule has 0 radical (unpaired) electrons. The molecule has 3 rings (SSSR count). The van der Waals surface area contributed by atoms with Crippen molar-refractivity contribution in [3.8, 4) is 5.75 Å². The van der Waals surface area contributed by atoms with Gasteiger partial charge in [-0.2, -0.15) is 4.98 Å². The van der Waals surface area contributed by atoms with Crippen LogP contribution < -0.4 is 20.1 Å². The van der Waals surface area contributed by atoms with Crippen LogP contribution in [-0.4, -0.2) is 32.0 Å². The van der Waals surface area contributed by atoms with Crippen molar-refractivity contribution in [3.05, 3.63) is 60.3 Å². The number of anilines is 4. The Morgan fingerprint density at radius 1 is 0.966 bits per heavy atom. The van der Waals surface area contributed by atoms with E-state index in [1.165, 1.54) is 19.2 Å². The molecule has 152 valence electrons. The van der Waals surface area contributed by atoms with Gasteiger partial charge in [0.15, 0.2) is 0 Å². The average Bonchev–Trinajstić information content (AvgIpc) is 2.69. The summed E-state index contributed by atoms with van der Waals surface area (Å²) in [4.78, 5) is 8.92. The van der Waals surface area contributed by atoms with Gasteiger partial charge < -0.3 is 15.4 Å². The van der Waals surface area contributed by atoms with Crippen molar-refractivity contribution < 1.29 is 13.2 Å². The number of hydrogen-bond acceptors (Lipinski definition) is 7. The van der Waals surface area contributed by atoms with Crippen LogP contribution in [0, 0.1) is 6.92 Å². The minimum absolute atomic E-state index is 0.157. The predicted molar refractivity (Wildman–Crippen MR) is 114 cm³/mol. The Hall–Kier alpha value is -3.33.